The van der Waals surface area contributed by atoms with E-state index in [9.17, 15) is 14.3 Å². The van der Waals surface area contributed by atoms with Crippen molar-refractivity contribution >= 4 is 22.4 Å². The van der Waals surface area contributed by atoms with Crippen LogP contribution in [-0.2, 0) is 0 Å². The van der Waals surface area contributed by atoms with E-state index in [0.29, 0.717) is 17.2 Å². The van der Waals surface area contributed by atoms with Crippen molar-refractivity contribution in [2.45, 2.75) is 51.6 Å². The second kappa shape index (κ2) is 10.2. The molecule has 186 valence electrons. The lowest BCUT2D eigenvalue weighted by Gasteiger charge is -2.34. The molecule has 7 heteroatoms. The van der Waals surface area contributed by atoms with Crippen LogP contribution >= 0.6 is 0 Å². The predicted octanol–water partition coefficient (Wildman–Crippen LogP) is 5.88. The van der Waals surface area contributed by atoms with Gasteiger partial charge in [-0.05, 0) is 75.2 Å². The summed E-state index contributed by atoms with van der Waals surface area (Å²) in [6.07, 6.45) is 5.89. The van der Waals surface area contributed by atoms with Crippen molar-refractivity contribution in [2.75, 3.05) is 26.5 Å². The molecular formula is C28H34FN3O3. The molecule has 2 N–H and O–H groups in total. The quantitative estimate of drug-likeness (QED) is 0.412. The number of benzene rings is 2. The van der Waals surface area contributed by atoms with Crippen molar-refractivity contribution in [3.8, 4) is 22.6 Å². The van der Waals surface area contributed by atoms with E-state index in [0.717, 1.165) is 47.8 Å². The highest BCUT2D eigenvalue weighted by molar-refractivity contribution is 6.09. The molecule has 0 radical (unpaired) electrons. The number of fused-ring (bicyclic) bond motifs is 1. The van der Waals surface area contributed by atoms with Crippen LogP contribution in [0.5, 0.6) is 11.5 Å². The molecule has 1 fully saturated rings. The van der Waals surface area contributed by atoms with Crippen LogP contribution in [0, 0.1) is 11.7 Å². The number of phenolic OH excluding ortho intramolecular Hbond substituents is 1. The van der Waals surface area contributed by atoms with Crippen molar-refractivity contribution in [3.05, 3.63) is 47.9 Å². The number of nitrogens with zero attached hydrogens (tertiary/aromatic N) is 2. The van der Waals surface area contributed by atoms with Crippen LogP contribution in [0.15, 0.2) is 36.5 Å². The average Bonchev–Trinajstić information content (AvgIpc) is 2.85. The fourth-order valence-electron chi connectivity index (χ4n) is 4.86. The Morgan fingerprint density at radius 2 is 1.86 bits per heavy atom. The number of hydrogen-bond donors (Lipinski definition) is 2. The molecular weight excluding hydrogens is 445 g/mol. The first-order chi connectivity index (χ1) is 16.7. The lowest BCUT2D eigenvalue weighted by molar-refractivity contribution is 0.0940. The van der Waals surface area contributed by atoms with E-state index in [1.54, 1.807) is 12.3 Å². The van der Waals surface area contributed by atoms with Gasteiger partial charge in [-0.2, -0.15) is 0 Å². The second-order valence-corrected chi connectivity index (χ2v) is 9.92. The fourth-order valence-corrected chi connectivity index (χ4v) is 4.86. The molecule has 35 heavy (non-hydrogen) atoms. The normalized spacial score (nSPS) is 18.3. The van der Waals surface area contributed by atoms with Gasteiger partial charge in [0.05, 0.1) is 23.9 Å². The van der Waals surface area contributed by atoms with Crippen LogP contribution in [0.4, 0.5) is 10.1 Å². The number of carbonyl (C=O) groups is 1. The predicted molar refractivity (Wildman–Crippen MR) is 138 cm³/mol. The number of Topliss-reactive ketones (excluding diaryl/α,β-unsaturated/α-hetero) is 1. The van der Waals surface area contributed by atoms with Gasteiger partial charge in [-0.3, -0.25) is 9.78 Å². The molecule has 4 rings (SSSR count). The van der Waals surface area contributed by atoms with E-state index < -0.39 is 11.6 Å². The minimum absolute atomic E-state index is 0.0339. The van der Waals surface area contributed by atoms with E-state index in [2.05, 4.69) is 29.3 Å². The van der Waals surface area contributed by atoms with Crippen LogP contribution in [0.25, 0.3) is 22.0 Å². The Balaban J connectivity index is 1.80. The van der Waals surface area contributed by atoms with Gasteiger partial charge in [0.2, 0.25) is 0 Å². The van der Waals surface area contributed by atoms with Gasteiger partial charge < -0.3 is 20.1 Å². The third-order valence-electron chi connectivity index (χ3n) is 7.01. The SMILES string of the molecule is COc1cc(-c2ccc3ncc(C(=O)C(C)C)c(NC4CCC(N(C)C)CC4)c3c2)cc(F)c1O. The van der Waals surface area contributed by atoms with Gasteiger partial charge in [-0.1, -0.05) is 19.9 Å². The lowest BCUT2D eigenvalue weighted by Crippen LogP contribution is -2.36. The highest BCUT2D eigenvalue weighted by Crippen LogP contribution is 2.37. The largest absolute Gasteiger partial charge is 0.502 e. The maximum Gasteiger partial charge on any atom is 0.194 e. The summed E-state index contributed by atoms with van der Waals surface area (Å²) in [4.78, 5) is 20.0. The summed E-state index contributed by atoms with van der Waals surface area (Å²) in [5.41, 5.74) is 3.43. The summed E-state index contributed by atoms with van der Waals surface area (Å²) < 4.78 is 19.5. The van der Waals surface area contributed by atoms with Gasteiger partial charge in [-0.15, -0.1) is 0 Å². The van der Waals surface area contributed by atoms with Crippen molar-refractivity contribution in [1.29, 1.82) is 0 Å². The number of hydrogen-bond acceptors (Lipinski definition) is 6. The zero-order valence-corrected chi connectivity index (χ0v) is 21.1. The molecule has 0 spiro atoms. The van der Waals surface area contributed by atoms with Gasteiger partial charge in [0.15, 0.2) is 23.1 Å². The first-order valence-electron chi connectivity index (χ1n) is 12.2. The Hall–Kier alpha value is -3.19. The number of aromatic nitrogens is 1. The number of carbonyl (C=O) groups excluding carboxylic acids is 1. The van der Waals surface area contributed by atoms with Crippen molar-refractivity contribution < 1.29 is 19.0 Å². The molecule has 1 saturated carbocycles. The smallest absolute Gasteiger partial charge is 0.194 e. The molecule has 1 heterocycles. The molecule has 0 bridgehead atoms. The van der Waals surface area contributed by atoms with Gasteiger partial charge >= 0.3 is 0 Å². The minimum atomic E-state index is -0.752. The number of nitrogens with one attached hydrogen (secondary N) is 1. The molecule has 0 atom stereocenters. The van der Waals surface area contributed by atoms with Gasteiger partial charge in [0.1, 0.15) is 0 Å². The average molecular weight is 480 g/mol. The zero-order valence-electron chi connectivity index (χ0n) is 21.1. The minimum Gasteiger partial charge on any atom is -0.502 e. The molecule has 1 aromatic heterocycles. The third-order valence-corrected chi connectivity index (χ3v) is 7.01. The summed E-state index contributed by atoms with van der Waals surface area (Å²) in [5.74, 6) is -1.33. The summed E-state index contributed by atoms with van der Waals surface area (Å²) in [6.45, 7) is 3.78. The van der Waals surface area contributed by atoms with Crippen LogP contribution in [0.1, 0.15) is 49.9 Å². The highest BCUT2D eigenvalue weighted by atomic mass is 19.1. The molecule has 0 aliphatic heterocycles. The molecule has 0 amide bonds. The first-order valence-corrected chi connectivity index (χ1v) is 12.2. The van der Waals surface area contributed by atoms with Crippen LogP contribution in [0.2, 0.25) is 0 Å². The van der Waals surface area contributed by atoms with Crippen molar-refractivity contribution in [3.63, 3.8) is 0 Å². The monoisotopic (exact) mass is 479 g/mol. The van der Waals surface area contributed by atoms with E-state index in [4.69, 9.17) is 4.74 Å². The van der Waals surface area contributed by atoms with Crippen LogP contribution in [-0.4, -0.2) is 54.1 Å². The first kappa shape index (κ1) is 24.9. The fraction of sp³-hybridized carbons (Fsp3) is 0.429. The molecule has 0 saturated heterocycles. The van der Waals surface area contributed by atoms with Gasteiger partial charge in [0.25, 0.3) is 0 Å². The summed E-state index contributed by atoms with van der Waals surface area (Å²) in [6, 6.07) is 9.38. The number of methoxy groups -OCH3 is 1. The second-order valence-electron chi connectivity index (χ2n) is 9.92. The number of ketones is 1. The third kappa shape index (κ3) is 5.10. The van der Waals surface area contributed by atoms with Crippen molar-refractivity contribution in [1.82, 2.24) is 9.88 Å². The number of pyridine rings is 1. The summed E-state index contributed by atoms with van der Waals surface area (Å²) in [7, 11) is 5.63. The van der Waals surface area contributed by atoms with Crippen LogP contribution in [0.3, 0.4) is 0 Å². The zero-order chi connectivity index (χ0) is 25.3. The number of ether oxygens (including phenoxy) is 1. The lowest BCUT2D eigenvalue weighted by atomic mass is 9.89. The van der Waals surface area contributed by atoms with Gasteiger partial charge in [0, 0.05) is 29.6 Å². The number of phenols is 1. The molecule has 0 unspecified atom stereocenters. The van der Waals surface area contributed by atoms with Crippen LogP contribution < -0.4 is 10.1 Å². The van der Waals surface area contributed by atoms with E-state index >= 15 is 0 Å². The number of anilines is 1. The van der Waals surface area contributed by atoms with Gasteiger partial charge in [-0.25, -0.2) is 4.39 Å². The molecule has 1 aliphatic rings. The van der Waals surface area contributed by atoms with E-state index in [1.807, 2.05) is 32.0 Å². The summed E-state index contributed by atoms with van der Waals surface area (Å²) in [5, 5.41) is 14.4. The number of aromatic hydroxyl groups is 1. The van der Waals surface area contributed by atoms with Crippen molar-refractivity contribution in [2.24, 2.45) is 5.92 Å². The Morgan fingerprint density at radius 1 is 1.14 bits per heavy atom. The Kier molecular flexibility index (Phi) is 7.26. The Bertz CT molecular complexity index is 1230. The molecule has 6 nitrogen and oxygen atoms in total. The van der Waals surface area contributed by atoms with E-state index in [1.165, 1.54) is 13.2 Å². The standard InChI is InChI=1S/C28H34FN3O3/c1-16(2)27(33)22-15-30-24-11-6-17(18-13-23(29)28(34)25(14-18)35-5)12-21(24)26(22)31-19-7-9-20(10-8-19)32(3)4/h6,11-16,19-20,34H,7-10H2,1-5H3,(H,30,31). The topological polar surface area (TPSA) is 74.7 Å². The maximum atomic E-state index is 14.4. The highest BCUT2D eigenvalue weighted by Gasteiger charge is 2.25. The molecule has 1 aliphatic carbocycles. The number of halogens is 1. The van der Waals surface area contributed by atoms with E-state index in [-0.39, 0.29) is 23.5 Å². The molecule has 2 aromatic carbocycles. The number of rotatable bonds is 7. The summed E-state index contributed by atoms with van der Waals surface area (Å²) >= 11 is 0. The Labute approximate surface area is 206 Å². The molecule has 3 aromatic rings. The maximum absolute atomic E-state index is 14.4. The Morgan fingerprint density at radius 3 is 2.49 bits per heavy atom.